The molecule has 0 spiro atoms. The molecule has 0 bridgehead atoms. The first-order valence-corrected chi connectivity index (χ1v) is 7.07. The summed E-state index contributed by atoms with van der Waals surface area (Å²) in [7, 11) is 0. The third-order valence-corrected chi connectivity index (χ3v) is 3.43. The van der Waals surface area contributed by atoms with Crippen molar-refractivity contribution in [2.24, 2.45) is 0 Å². The van der Waals surface area contributed by atoms with Crippen molar-refractivity contribution in [2.75, 3.05) is 6.54 Å². The lowest BCUT2D eigenvalue weighted by molar-refractivity contribution is -0.120. The van der Waals surface area contributed by atoms with Gasteiger partial charge in [-0.25, -0.2) is 4.98 Å². The molecule has 0 radical (unpaired) electrons. The second-order valence-electron chi connectivity index (χ2n) is 4.42. The van der Waals surface area contributed by atoms with Crippen LogP contribution in [-0.2, 0) is 17.8 Å². The maximum absolute atomic E-state index is 11.8. The zero-order valence-electron chi connectivity index (χ0n) is 10.9. The van der Waals surface area contributed by atoms with Gasteiger partial charge in [0.05, 0.1) is 12.7 Å². The summed E-state index contributed by atoms with van der Waals surface area (Å²) < 4.78 is 1.97. The quantitative estimate of drug-likeness (QED) is 0.834. The minimum atomic E-state index is -0.0418. The molecule has 4 nitrogen and oxygen atoms in total. The van der Waals surface area contributed by atoms with Crippen LogP contribution in [0.1, 0.15) is 12.0 Å². The van der Waals surface area contributed by atoms with E-state index in [0.29, 0.717) is 16.6 Å². The van der Waals surface area contributed by atoms with Crippen LogP contribution >= 0.6 is 23.2 Å². The lowest BCUT2D eigenvalue weighted by atomic mass is 10.1. The van der Waals surface area contributed by atoms with Gasteiger partial charge in [-0.05, 0) is 24.1 Å². The van der Waals surface area contributed by atoms with Crippen molar-refractivity contribution < 1.29 is 4.79 Å². The SMILES string of the molecule is O=C(Cc1ccc(Cl)cc1Cl)NCCCn1ccnc1. The Morgan fingerprint density at radius 2 is 2.20 bits per heavy atom. The van der Waals surface area contributed by atoms with E-state index in [1.807, 2.05) is 10.8 Å². The summed E-state index contributed by atoms with van der Waals surface area (Å²) in [5.41, 5.74) is 0.781. The maximum atomic E-state index is 11.8. The van der Waals surface area contributed by atoms with Crippen molar-refractivity contribution >= 4 is 29.1 Å². The third kappa shape index (κ3) is 4.54. The van der Waals surface area contributed by atoms with E-state index in [0.717, 1.165) is 18.5 Å². The first-order chi connectivity index (χ1) is 9.65. The fourth-order valence-electron chi connectivity index (χ4n) is 1.81. The van der Waals surface area contributed by atoms with Crippen LogP contribution in [0.3, 0.4) is 0 Å². The van der Waals surface area contributed by atoms with Gasteiger partial charge >= 0.3 is 0 Å². The Morgan fingerprint density at radius 1 is 1.35 bits per heavy atom. The Hall–Kier alpha value is -1.52. The fraction of sp³-hybridized carbons (Fsp3) is 0.286. The molecule has 0 atom stereocenters. The zero-order chi connectivity index (χ0) is 14.4. The van der Waals surface area contributed by atoms with E-state index in [2.05, 4.69) is 10.3 Å². The fourth-order valence-corrected chi connectivity index (χ4v) is 2.28. The van der Waals surface area contributed by atoms with Crippen molar-refractivity contribution in [1.82, 2.24) is 14.9 Å². The zero-order valence-corrected chi connectivity index (χ0v) is 12.4. The summed E-state index contributed by atoms with van der Waals surface area (Å²) in [6, 6.07) is 5.15. The number of carbonyl (C=O) groups excluding carboxylic acids is 1. The van der Waals surface area contributed by atoms with E-state index in [1.54, 1.807) is 30.7 Å². The molecule has 1 N–H and O–H groups in total. The van der Waals surface area contributed by atoms with Gasteiger partial charge in [-0.15, -0.1) is 0 Å². The van der Waals surface area contributed by atoms with Gasteiger partial charge < -0.3 is 9.88 Å². The minimum absolute atomic E-state index is 0.0418. The molecule has 1 aromatic heterocycles. The number of nitrogens with one attached hydrogen (secondary N) is 1. The minimum Gasteiger partial charge on any atom is -0.356 e. The number of amides is 1. The predicted molar refractivity (Wildman–Crippen MR) is 80.0 cm³/mol. The molecular formula is C14H15Cl2N3O. The summed E-state index contributed by atoms with van der Waals surface area (Å²) >= 11 is 11.8. The van der Waals surface area contributed by atoms with Crippen LogP contribution in [0.2, 0.25) is 10.0 Å². The Bertz CT molecular complexity index is 570. The summed E-state index contributed by atoms with van der Waals surface area (Å²) in [4.78, 5) is 15.7. The molecule has 0 fully saturated rings. The normalized spacial score (nSPS) is 10.5. The van der Waals surface area contributed by atoms with Gasteiger partial charge in [-0.1, -0.05) is 29.3 Å². The van der Waals surface area contributed by atoms with Crippen molar-refractivity contribution in [2.45, 2.75) is 19.4 Å². The lowest BCUT2D eigenvalue weighted by Crippen LogP contribution is -2.26. The molecule has 6 heteroatoms. The number of hydrogen-bond acceptors (Lipinski definition) is 2. The van der Waals surface area contributed by atoms with Crippen LogP contribution in [0.4, 0.5) is 0 Å². The maximum Gasteiger partial charge on any atom is 0.224 e. The molecule has 0 aliphatic rings. The van der Waals surface area contributed by atoms with Crippen LogP contribution < -0.4 is 5.32 Å². The molecule has 0 aliphatic heterocycles. The van der Waals surface area contributed by atoms with Gasteiger partial charge in [0.1, 0.15) is 0 Å². The summed E-state index contributed by atoms with van der Waals surface area (Å²) in [6.45, 7) is 1.46. The Kier molecular flexibility index (Phi) is 5.44. The Labute approximate surface area is 127 Å². The van der Waals surface area contributed by atoms with E-state index < -0.39 is 0 Å². The highest BCUT2D eigenvalue weighted by Crippen LogP contribution is 2.21. The van der Waals surface area contributed by atoms with Gasteiger partial charge in [0.15, 0.2) is 0 Å². The van der Waals surface area contributed by atoms with Crippen molar-refractivity contribution in [3.05, 3.63) is 52.5 Å². The first-order valence-electron chi connectivity index (χ1n) is 6.31. The van der Waals surface area contributed by atoms with Crippen LogP contribution in [0.25, 0.3) is 0 Å². The summed E-state index contributed by atoms with van der Waals surface area (Å²) in [5.74, 6) is -0.0418. The van der Waals surface area contributed by atoms with Gasteiger partial charge in [-0.2, -0.15) is 0 Å². The third-order valence-electron chi connectivity index (χ3n) is 2.84. The summed E-state index contributed by atoms with van der Waals surface area (Å²) in [5, 5.41) is 3.96. The van der Waals surface area contributed by atoms with E-state index in [1.165, 1.54) is 0 Å². The molecule has 0 saturated carbocycles. The average molecular weight is 312 g/mol. The topological polar surface area (TPSA) is 46.9 Å². The van der Waals surface area contributed by atoms with Crippen molar-refractivity contribution in [3.8, 4) is 0 Å². The number of rotatable bonds is 6. The molecule has 0 unspecified atom stereocenters. The number of carbonyl (C=O) groups is 1. The van der Waals surface area contributed by atoms with Gasteiger partial charge in [0, 0.05) is 35.5 Å². The predicted octanol–water partition coefficient (Wildman–Crippen LogP) is 2.94. The molecular weight excluding hydrogens is 297 g/mol. The van der Waals surface area contributed by atoms with Crippen molar-refractivity contribution in [3.63, 3.8) is 0 Å². The van der Waals surface area contributed by atoms with Crippen molar-refractivity contribution in [1.29, 1.82) is 0 Å². The summed E-state index contributed by atoms with van der Waals surface area (Å²) in [6.07, 6.45) is 6.52. The number of hydrogen-bond donors (Lipinski definition) is 1. The second-order valence-corrected chi connectivity index (χ2v) is 5.26. The van der Waals surface area contributed by atoms with E-state index in [9.17, 15) is 4.79 Å². The molecule has 1 amide bonds. The van der Waals surface area contributed by atoms with Gasteiger partial charge in [0.25, 0.3) is 0 Å². The number of aromatic nitrogens is 2. The van der Waals surface area contributed by atoms with E-state index in [4.69, 9.17) is 23.2 Å². The second kappa shape index (κ2) is 7.31. The highest BCUT2D eigenvalue weighted by molar-refractivity contribution is 6.35. The largest absolute Gasteiger partial charge is 0.356 e. The van der Waals surface area contributed by atoms with Crippen LogP contribution in [0.5, 0.6) is 0 Å². The molecule has 0 saturated heterocycles. The Morgan fingerprint density at radius 3 is 2.90 bits per heavy atom. The number of aryl methyl sites for hydroxylation is 1. The van der Waals surface area contributed by atoms with Crippen LogP contribution in [0, 0.1) is 0 Å². The lowest BCUT2D eigenvalue weighted by Gasteiger charge is -2.07. The van der Waals surface area contributed by atoms with Gasteiger partial charge in [-0.3, -0.25) is 4.79 Å². The molecule has 0 aliphatic carbocycles. The van der Waals surface area contributed by atoms with Crippen LogP contribution in [-0.4, -0.2) is 22.0 Å². The Balaban J connectivity index is 1.72. The number of nitrogens with zero attached hydrogens (tertiary/aromatic N) is 2. The monoisotopic (exact) mass is 311 g/mol. The standard InChI is InChI=1S/C14H15Cl2N3O/c15-12-3-2-11(13(16)9-12)8-14(20)18-4-1-6-19-7-5-17-10-19/h2-3,5,7,9-10H,1,4,6,8H2,(H,18,20). The highest BCUT2D eigenvalue weighted by Gasteiger charge is 2.07. The number of benzene rings is 1. The molecule has 1 heterocycles. The first kappa shape index (κ1) is 14.9. The molecule has 106 valence electrons. The van der Waals surface area contributed by atoms with E-state index in [-0.39, 0.29) is 12.3 Å². The van der Waals surface area contributed by atoms with E-state index >= 15 is 0 Å². The van der Waals surface area contributed by atoms with Gasteiger partial charge in [0.2, 0.25) is 5.91 Å². The molecule has 2 aromatic rings. The number of halogens is 2. The molecule has 20 heavy (non-hydrogen) atoms. The highest BCUT2D eigenvalue weighted by atomic mass is 35.5. The molecule has 2 rings (SSSR count). The number of imidazole rings is 1. The van der Waals surface area contributed by atoms with Crippen LogP contribution in [0.15, 0.2) is 36.9 Å². The molecule has 1 aromatic carbocycles. The average Bonchev–Trinajstić information content (AvgIpc) is 2.91. The smallest absolute Gasteiger partial charge is 0.224 e.